The minimum Gasteiger partial charge on any atom is -0.207 e. The summed E-state index contributed by atoms with van der Waals surface area (Å²) in [4.78, 5) is 0. The van der Waals surface area contributed by atoms with Gasteiger partial charge in [-0.3, -0.25) is 0 Å². The molecular weight excluding hydrogens is 194 g/mol. The van der Waals surface area contributed by atoms with Gasteiger partial charge in [0.2, 0.25) is 0 Å². The number of hydrogen-bond donors (Lipinski definition) is 0. The van der Waals surface area contributed by atoms with Crippen LogP contribution in [0.5, 0.6) is 0 Å². The molecule has 1 aromatic rings. The molecule has 0 aliphatic rings. The summed E-state index contributed by atoms with van der Waals surface area (Å²) in [6.45, 7) is 7.53. The second kappa shape index (κ2) is 4.30. The number of rotatable bonds is 3. The Morgan fingerprint density at radius 3 is 1.80 bits per heavy atom. The first-order chi connectivity index (χ1) is 6.94. The molecule has 0 aromatic heterocycles. The summed E-state index contributed by atoms with van der Waals surface area (Å²) in [5.74, 6) is -0.836. The third-order valence-corrected chi connectivity index (χ3v) is 3.35. The lowest BCUT2D eigenvalue weighted by molar-refractivity contribution is 0.390. The van der Waals surface area contributed by atoms with Crippen LogP contribution >= 0.6 is 0 Å². The van der Waals surface area contributed by atoms with E-state index in [4.69, 9.17) is 0 Å². The van der Waals surface area contributed by atoms with Crippen LogP contribution in [0.4, 0.5) is 8.78 Å². The van der Waals surface area contributed by atoms with Gasteiger partial charge in [0.05, 0.1) is 0 Å². The molecule has 0 aliphatic carbocycles. The predicted molar refractivity (Wildman–Crippen MR) is 59.0 cm³/mol. The molecule has 0 heterocycles. The third-order valence-electron chi connectivity index (χ3n) is 3.35. The van der Waals surface area contributed by atoms with Crippen LogP contribution < -0.4 is 0 Å². The fraction of sp³-hybridized carbons (Fsp3) is 0.538. The van der Waals surface area contributed by atoms with Crippen LogP contribution in [-0.2, 0) is 5.41 Å². The van der Waals surface area contributed by atoms with Gasteiger partial charge in [-0.25, -0.2) is 8.78 Å². The minimum absolute atomic E-state index is 0.234. The molecule has 2 heteroatoms. The lowest BCUT2D eigenvalue weighted by Gasteiger charge is -2.28. The molecule has 1 aromatic carbocycles. The summed E-state index contributed by atoms with van der Waals surface area (Å²) in [7, 11) is 0. The van der Waals surface area contributed by atoms with Crippen LogP contribution in [0, 0.1) is 18.6 Å². The molecule has 0 atom stereocenters. The standard InChI is InChI=1S/C13H18F2/c1-5-13(4,6-2)12-10(14)7-9(3)8-11(12)15/h7-8H,5-6H2,1-4H3. The van der Waals surface area contributed by atoms with Crippen LogP contribution in [0.2, 0.25) is 0 Å². The zero-order valence-corrected chi connectivity index (χ0v) is 9.82. The topological polar surface area (TPSA) is 0 Å². The first-order valence-corrected chi connectivity index (χ1v) is 5.40. The zero-order valence-electron chi connectivity index (χ0n) is 9.82. The van der Waals surface area contributed by atoms with Crippen LogP contribution in [0.15, 0.2) is 12.1 Å². The lowest BCUT2D eigenvalue weighted by atomic mass is 9.77. The number of hydrogen-bond acceptors (Lipinski definition) is 0. The number of halogens is 2. The molecule has 0 N–H and O–H groups in total. The molecule has 0 radical (unpaired) electrons. The first-order valence-electron chi connectivity index (χ1n) is 5.40. The van der Waals surface area contributed by atoms with E-state index in [0.29, 0.717) is 5.56 Å². The van der Waals surface area contributed by atoms with E-state index in [2.05, 4.69) is 0 Å². The maximum atomic E-state index is 13.7. The van der Waals surface area contributed by atoms with E-state index < -0.39 is 17.0 Å². The molecule has 0 saturated carbocycles. The van der Waals surface area contributed by atoms with Crippen molar-refractivity contribution in [2.45, 2.75) is 46.0 Å². The maximum Gasteiger partial charge on any atom is 0.130 e. The zero-order chi connectivity index (χ0) is 11.6. The molecule has 0 aliphatic heterocycles. The molecule has 0 unspecified atom stereocenters. The Labute approximate surface area is 90.3 Å². The first kappa shape index (κ1) is 12.2. The molecule has 0 fully saturated rings. The van der Waals surface area contributed by atoms with Crippen molar-refractivity contribution < 1.29 is 8.78 Å². The van der Waals surface area contributed by atoms with Gasteiger partial charge < -0.3 is 0 Å². The molecule has 15 heavy (non-hydrogen) atoms. The molecule has 0 amide bonds. The Kier molecular flexibility index (Phi) is 3.48. The van der Waals surface area contributed by atoms with Crippen molar-refractivity contribution in [3.05, 3.63) is 34.9 Å². The summed E-state index contributed by atoms with van der Waals surface area (Å²) in [6.07, 6.45) is 1.47. The highest BCUT2D eigenvalue weighted by atomic mass is 19.1. The fourth-order valence-electron chi connectivity index (χ4n) is 1.88. The SMILES string of the molecule is CCC(C)(CC)c1c(F)cc(C)cc1F. The Bertz CT molecular complexity index is 329. The van der Waals surface area contributed by atoms with Gasteiger partial charge in [0.1, 0.15) is 11.6 Å². The number of aryl methyl sites for hydroxylation is 1. The van der Waals surface area contributed by atoms with Crippen molar-refractivity contribution in [2.75, 3.05) is 0 Å². The normalized spacial score (nSPS) is 11.9. The van der Waals surface area contributed by atoms with Gasteiger partial charge in [-0.1, -0.05) is 20.8 Å². The quantitative estimate of drug-likeness (QED) is 0.698. The van der Waals surface area contributed by atoms with Gasteiger partial charge in [-0.15, -0.1) is 0 Å². The van der Waals surface area contributed by atoms with Crippen molar-refractivity contribution in [3.63, 3.8) is 0 Å². The molecule has 0 bridgehead atoms. The monoisotopic (exact) mass is 212 g/mol. The Hall–Kier alpha value is -0.920. The van der Waals surface area contributed by atoms with Crippen molar-refractivity contribution in [1.29, 1.82) is 0 Å². The average molecular weight is 212 g/mol. The smallest absolute Gasteiger partial charge is 0.130 e. The molecule has 1 rings (SSSR count). The van der Waals surface area contributed by atoms with Gasteiger partial charge in [0.25, 0.3) is 0 Å². The molecule has 0 nitrogen and oxygen atoms in total. The Balaban J connectivity index is 3.36. The summed E-state index contributed by atoms with van der Waals surface area (Å²) < 4.78 is 27.5. The van der Waals surface area contributed by atoms with Crippen molar-refractivity contribution >= 4 is 0 Å². The summed E-state index contributed by atoms with van der Waals surface area (Å²) >= 11 is 0. The lowest BCUT2D eigenvalue weighted by Crippen LogP contribution is -2.23. The van der Waals surface area contributed by atoms with Crippen molar-refractivity contribution in [3.8, 4) is 0 Å². The largest absolute Gasteiger partial charge is 0.207 e. The van der Waals surface area contributed by atoms with Crippen LogP contribution in [0.3, 0.4) is 0 Å². The molecule has 84 valence electrons. The minimum atomic E-state index is -0.418. The van der Waals surface area contributed by atoms with E-state index in [-0.39, 0.29) is 5.56 Å². The van der Waals surface area contributed by atoms with E-state index in [1.807, 2.05) is 20.8 Å². The van der Waals surface area contributed by atoms with Crippen LogP contribution in [-0.4, -0.2) is 0 Å². The highest BCUT2D eigenvalue weighted by Crippen LogP contribution is 2.35. The second-order valence-corrected chi connectivity index (χ2v) is 4.37. The van der Waals surface area contributed by atoms with E-state index in [1.165, 1.54) is 12.1 Å². The van der Waals surface area contributed by atoms with Crippen LogP contribution in [0.1, 0.15) is 44.7 Å². The maximum absolute atomic E-state index is 13.7. The predicted octanol–water partition coefficient (Wildman–Crippen LogP) is 4.35. The van der Waals surface area contributed by atoms with Crippen molar-refractivity contribution in [1.82, 2.24) is 0 Å². The molecular formula is C13H18F2. The van der Waals surface area contributed by atoms with E-state index in [9.17, 15) is 8.78 Å². The van der Waals surface area contributed by atoms with Gasteiger partial charge in [0.15, 0.2) is 0 Å². The molecule has 0 spiro atoms. The van der Waals surface area contributed by atoms with Gasteiger partial charge in [-0.05, 0) is 42.9 Å². The molecule has 0 saturated heterocycles. The third kappa shape index (κ3) is 2.19. The number of benzene rings is 1. The van der Waals surface area contributed by atoms with Gasteiger partial charge in [0, 0.05) is 5.56 Å². The van der Waals surface area contributed by atoms with E-state index >= 15 is 0 Å². The van der Waals surface area contributed by atoms with Gasteiger partial charge >= 0.3 is 0 Å². The van der Waals surface area contributed by atoms with Gasteiger partial charge in [-0.2, -0.15) is 0 Å². The van der Waals surface area contributed by atoms with E-state index in [0.717, 1.165) is 12.8 Å². The highest BCUT2D eigenvalue weighted by molar-refractivity contribution is 5.31. The Morgan fingerprint density at radius 2 is 1.47 bits per heavy atom. The average Bonchev–Trinajstić information content (AvgIpc) is 2.15. The summed E-state index contributed by atoms with van der Waals surface area (Å²) in [5, 5.41) is 0. The summed E-state index contributed by atoms with van der Waals surface area (Å²) in [5.41, 5.74) is 0.461. The van der Waals surface area contributed by atoms with E-state index in [1.54, 1.807) is 6.92 Å². The van der Waals surface area contributed by atoms with Crippen molar-refractivity contribution in [2.24, 2.45) is 0 Å². The highest BCUT2D eigenvalue weighted by Gasteiger charge is 2.29. The van der Waals surface area contributed by atoms with Crippen LogP contribution in [0.25, 0.3) is 0 Å². The Morgan fingerprint density at radius 1 is 1.07 bits per heavy atom. The summed E-state index contributed by atoms with van der Waals surface area (Å²) in [6, 6.07) is 2.81. The fourth-order valence-corrected chi connectivity index (χ4v) is 1.88. The second-order valence-electron chi connectivity index (χ2n) is 4.37.